The van der Waals surface area contributed by atoms with Crippen LogP contribution >= 0.6 is 0 Å². The Bertz CT molecular complexity index is 228. The van der Waals surface area contributed by atoms with Gasteiger partial charge in [0.05, 0.1) is 12.0 Å². The number of aliphatic hydroxyl groups excluding tert-OH is 1. The molecule has 4 nitrogen and oxygen atoms in total. The molecule has 14 heavy (non-hydrogen) atoms. The van der Waals surface area contributed by atoms with Crippen LogP contribution in [0, 0.1) is 5.92 Å². The van der Waals surface area contributed by atoms with E-state index in [9.17, 15) is 9.90 Å². The molecule has 1 amide bonds. The minimum Gasteiger partial charge on any atom is -0.391 e. The van der Waals surface area contributed by atoms with Gasteiger partial charge < -0.3 is 16.2 Å². The highest BCUT2D eigenvalue weighted by atomic mass is 16.3. The van der Waals surface area contributed by atoms with Crippen LogP contribution in [0.3, 0.4) is 0 Å². The van der Waals surface area contributed by atoms with Crippen LogP contribution < -0.4 is 11.1 Å². The molecule has 0 fully saturated rings. The normalized spacial score (nSPS) is 27.6. The van der Waals surface area contributed by atoms with Gasteiger partial charge in [-0.1, -0.05) is 19.1 Å². The molecule has 3 unspecified atom stereocenters. The summed E-state index contributed by atoms with van der Waals surface area (Å²) in [5, 5.41) is 11.9. The third-order valence-corrected chi connectivity index (χ3v) is 2.44. The van der Waals surface area contributed by atoms with Gasteiger partial charge in [-0.15, -0.1) is 0 Å². The lowest BCUT2D eigenvalue weighted by atomic mass is 10.1. The molecule has 1 aliphatic carbocycles. The molecule has 1 aliphatic rings. The Kier molecular flexibility index (Phi) is 4.10. The minimum absolute atomic E-state index is 0.00171. The summed E-state index contributed by atoms with van der Waals surface area (Å²) < 4.78 is 0. The summed E-state index contributed by atoms with van der Waals surface area (Å²) in [6, 6.07) is 0.00171. The number of nitrogens with two attached hydrogens (primary N) is 1. The number of amides is 1. The van der Waals surface area contributed by atoms with Gasteiger partial charge in [-0.3, -0.25) is 4.79 Å². The number of rotatable bonds is 4. The van der Waals surface area contributed by atoms with Gasteiger partial charge in [-0.25, -0.2) is 0 Å². The molecule has 4 heteroatoms. The van der Waals surface area contributed by atoms with E-state index in [4.69, 9.17) is 5.73 Å². The molecule has 0 aromatic rings. The standard InChI is InChI=1S/C10H18N2O2/c1-2-9(13)6-12-10(14)7-3-4-8(11)5-7/h3-4,7-9,13H,2,5-6,11H2,1H3,(H,12,14). The summed E-state index contributed by atoms with van der Waals surface area (Å²) >= 11 is 0. The van der Waals surface area contributed by atoms with E-state index >= 15 is 0 Å². The molecule has 0 aromatic carbocycles. The Balaban J connectivity index is 2.26. The molecule has 0 aliphatic heterocycles. The summed E-state index contributed by atoms with van der Waals surface area (Å²) in [6.45, 7) is 2.21. The maximum atomic E-state index is 11.5. The number of carbonyl (C=O) groups is 1. The minimum atomic E-state index is -0.446. The zero-order chi connectivity index (χ0) is 10.6. The third kappa shape index (κ3) is 3.12. The fourth-order valence-electron chi connectivity index (χ4n) is 1.42. The first-order valence-electron chi connectivity index (χ1n) is 5.03. The number of hydrogen-bond donors (Lipinski definition) is 3. The number of nitrogens with one attached hydrogen (secondary N) is 1. The van der Waals surface area contributed by atoms with Crippen molar-refractivity contribution in [3.8, 4) is 0 Å². The summed E-state index contributed by atoms with van der Waals surface area (Å²) in [6.07, 6.45) is 4.56. The predicted octanol–water partition coefficient (Wildman–Crippen LogP) is -0.223. The van der Waals surface area contributed by atoms with Crippen LogP contribution in [0.25, 0.3) is 0 Å². The highest BCUT2D eigenvalue weighted by molar-refractivity contribution is 5.81. The Morgan fingerprint density at radius 2 is 2.43 bits per heavy atom. The van der Waals surface area contributed by atoms with E-state index in [2.05, 4.69) is 5.32 Å². The molecular weight excluding hydrogens is 180 g/mol. The van der Waals surface area contributed by atoms with Crippen LogP contribution in [-0.4, -0.2) is 29.7 Å². The van der Waals surface area contributed by atoms with Crippen LogP contribution in [0.1, 0.15) is 19.8 Å². The monoisotopic (exact) mass is 198 g/mol. The number of carbonyl (C=O) groups excluding carboxylic acids is 1. The molecule has 0 aromatic heterocycles. The molecule has 80 valence electrons. The van der Waals surface area contributed by atoms with E-state index in [0.717, 1.165) is 0 Å². The molecule has 3 atom stereocenters. The van der Waals surface area contributed by atoms with Crippen molar-refractivity contribution in [3.63, 3.8) is 0 Å². The van der Waals surface area contributed by atoms with E-state index in [1.165, 1.54) is 0 Å². The second-order valence-corrected chi connectivity index (χ2v) is 3.70. The third-order valence-electron chi connectivity index (χ3n) is 2.44. The van der Waals surface area contributed by atoms with Crippen molar-refractivity contribution in [3.05, 3.63) is 12.2 Å². The molecule has 1 rings (SSSR count). The van der Waals surface area contributed by atoms with Crippen LogP contribution in [0.15, 0.2) is 12.2 Å². The van der Waals surface area contributed by atoms with Crippen molar-refractivity contribution in [1.82, 2.24) is 5.32 Å². The van der Waals surface area contributed by atoms with Crippen LogP contribution in [0.5, 0.6) is 0 Å². The van der Waals surface area contributed by atoms with Gasteiger partial charge in [0.15, 0.2) is 0 Å². The maximum Gasteiger partial charge on any atom is 0.227 e. The molecule has 0 heterocycles. The van der Waals surface area contributed by atoms with Crippen LogP contribution in [0.4, 0.5) is 0 Å². The zero-order valence-corrected chi connectivity index (χ0v) is 8.44. The summed E-state index contributed by atoms with van der Waals surface area (Å²) in [5.41, 5.74) is 5.63. The highest BCUT2D eigenvalue weighted by Gasteiger charge is 2.22. The van der Waals surface area contributed by atoms with Crippen molar-refractivity contribution in [2.45, 2.75) is 31.9 Å². The highest BCUT2D eigenvalue weighted by Crippen LogP contribution is 2.15. The van der Waals surface area contributed by atoms with Crippen LogP contribution in [-0.2, 0) is 4.79 Å². The van der Waals surface area contributed by atoms with Gasteiger partial charge in [0.25, 0.3) is 0 Å². The number of aliphatic hydroxyl groups is 1. The first-order valence-corrected chi connectivity index (χ1v) is 5.03. The summed E-state index contributed by atoms with van der Waals surface area (Å²) in [5.74, 6) is -0.157. The molecule has 4 N–H and O–H groups in total. The van der Waals surface area contributed by atoms with Crippen molar-refractivity contribution in [1.29, 1.82) is 0 Å². The summed E-state index contributed by atoms with van der Waals surface area (Å²) in [4.78, 5) is 11.5. The average Bonchev–Trinajstić information content (AvgIpc) is 2.60. The predicted molar refractivity (Wildman–Crippen MR) is 54.5 cm³/mol. The lowest BCUT2D eigenvalue weighted by Crippen LogP contribution is -2.35. The summed E-state index contributed by atoms with van der Waals surface area (Å²) in [7, 11) is 0. The molecular formula is C10H18N2O2. The Labute approximate surface area is 84.2 Å². The Hall–Kier alpha value is -0.870. The van der Waals surface area contributed by atoms with Crippen LogP contribution in [0.2, 0.25) is 0 Å². The SMILES string of the molecule is CCC(O)CNC(=O)C1C=CC(N)C1. The average molecular weight is 198 g/mol. The quantitative estimate of drug-likeness (QED) is 0.546. The second-order valence-electron chi connectivity index (χ2n) is 3.70. The second kappa shape index (κ2) is 5.12. The van der Waals surface area contributed by atoms with E-state index in [-0.39, 0.29) is 17.9 Å². The molecule has 0 bridgehead atoms. The fourth-order valence-corrected chi connectivity index (χ4v) is 1.42. The van der Waals surface area contributed by atoms with E-state index in [0.29, 0.717) is 19.4 Å². The molecule has 0 radical (unpaired) electrons. The van der Waals surface area contributed by atoms with E-state index < -0.39 is 6.10 Å². The largest absolute Gasteiger partial charge is 0.391 e. The van der Waals surface area contributed by atoms with Crippen molar-refractivity contribution in [2.24, 2.45) is 11.7 Å². The number of hydrogen-bond acceptors (Lipinski definition) is 3. The van der Waals surface area contributed by atoms with E-state index in [1.54, 1.807) is 0 Å². The first kappa shape index (κ1) is 11.2. The molecule has 0 spiro atoms. The van der Waals surface area contributed by atoms with Crippen molar-refractivity contribution >= 4 is 5.91 Å². The van der Waals surface area contributed by atoms with Crippen molar-refractivity contribution in [2.75, 3.05) is 6.54 Å². The lowest BCUT2D eigenvalue weighted by Gasteiger charge is -2.12. The van der Waals surface area contributed by atoms with Gasteiger partial charge in [0.2, 0.25) is 5.91 Å². The lowest BCUT2D eigenvalue weighted by molar-refractivity contribution is -0.124. The van der Waals surface area contributed by atoms with Gasteiger partial charge in [-0.2, -0.15) is 0 Å². The smallest absolute Gasteiger partial charge is 0.227 e. The first-order chi connectivity index (χ1) is 6.63. The van der Waals surface area contributed by atoms with Gasteiger partial charge in [-0.05, 0) is 12.8 Å². The molecule has 0 saturated carbocycles. The Morgan fingerprint density at radius 1 is 1.71 bits per heavy atom. The van der Waals surface area contributed by atoms with Gasteiger partial charge in [0.1, 0.15) is 0 Å². The Morgan fingerprint density at radius 3 is 2.93 bits per heavy atom. The topological polar surface area (TPSA) is 75.3 Å². The maximum absolute atomic E-state index is 11.5. The van der Waals surface area contributed by atoms with Gasteiger partial charge >= 0.3 is 0 Å². The fraction of sp³-hybridized carbons (Fsp3) is 0.700. The van der Waals surface area contributed by atoms with Crippen molar-refractivity contribution < 1.29 is 9.90 Å². The molecule has 0 saturated heterocycles. The van der Waals surface area contributed by atoms with E-state index in [1.807, 2.05) is 19.1 Å². The van der Waals surface area contributed by atoms with Gasteiger partial charge in [0, 0.05) is 12.6 Å². The zero-order valence-electron chi connectivity index (χ0n) is 8.44.